The first-order chi connectivity index (χ1) is 18.2. The highest BCUT2D eigenvalue weighted by atomic mass is 16.6. The van der Waals surface area contributed by atoms with Gasteiger partial charge in [0.2, 0.25) is 0 Å². The number of nitrogens with one attached hydrogen (secondary N) is 1. The van der Waals surface area contributed by atoms with E-state index in [-0.39, 0.29) is 22.9 Å². The third-order valence-electron chi connectivity index (χ3n) is 7.10. The fourth-order valence-electron chi connectivity index (χ4n) is 5.27. The van der Waals surface area contributed by atoms with E-state index in [2.05, 4.69) is 41.4 Å². The number of carbonyl (C=O) groups is 2. The molecule has 0 aliphatic carbocycles. The molecule has 2 heterocycles. The van der Waals surface area contributed by atoms with E-state index in [0.29, 0.717) is 29.8 Å². The predicted octanol–water partition coefficient (Wildman–Crippen LogP) is 4.52. The van der Waals surface area contributed by atoms with Crippen LogP contribution < -0.4 is 5.32 Å². The number of carbonyl (C=O) groups excluding carboxylic acids is 2. The summed E-state index contributed by atoms with van der Waals surface area (Å²) in [4.78, 5) is 39.7. The van der Waals surface area contributed by atoms with Gasteiger partial charge in [-0.25, -0.2) is 9.59 Å². The van der Waals surface area contributed by atoms with Gasteiger partial charge in [-0.2, -0.15) is 0 Å². The first-order valence-corrected chi connectivity index (χ1v) is 12.7. The summed E-state index contributed by atoms with van der Waals surface area (Å²) in [5.41, 5.74) is 4.32. The van der Waals surface area contributed by atoms with Crippen LogP contribution in [0.25, 0.3) is 0 Å². The van der Waals surface area contributed by atoms with E-state index in [1.54, 1.807) is 26.0 Å². The van der Waals surface area contributed by atoms with Gasteiger partial charge in [0, 0.05) is 43.2 Å². The second-order valence-corrected chi connectivity index (χ2v) is 9.85. The zero-order chi connectivity index (χ0) is 27.4. The standard InChI is InChI=1S/C29H33N3O6/c1-18-7-5-8-21(15-18)17-31-13-11-24(12-14-31)38-29(34)26-20(3)30-19(2)25(28(33)37-4)27(26)22-9-6-10-23(16-22)32(35)36/h5-10,15-16,24,27,30H,11-14,17H2,1-4H3. The number of rotatable bonds is 7. The molecule has 0 aromatic heterocycles. The van der Waals surface area contributed by atoms with Crippen LogP contribution in [-0.4, -0.2) is 48.1 Å². The van der Waals surface area contributed by atoms with E-state index in [4.69, 9.17) is 9.47 Å². The monoisotopic (exact) mass is 519 g/mol. The van der Waals surface area contributed by atoms with E-state index >= 15 is 0 Å². The fourth-order valence-corrected chi connectivity index (χ4v) is 5.27. The summed E-state index contributed by atoms with van der Waals surface area (Å²) in [5.74, 6) is -2.02. The summed E-state index contributed by atoms with van der Waals surface area (Å²) < 4.78 is 11.0. The van der Waals surface area contributed by atoms with Gasteiger partial charge in [-0.05, 0) is 44.7 Å². The molecule has 200 valence electrons. The number of hydrogen-bond acceptors (Lipinski definition) is 8. The molecular formula is C29H33N3O6. The van der Waals surface area contributed by atoms with Gasteiger partial charge in [0.25, 0.3) is 5.69 Å². The topological polar surface area (TPSA) is 111 Å². The summed E-state index contributed by atoms with van der Waals surface area (Å²) in [7, 11) is 1.26. The lowest BCUT2D eigenvalue weighted by atomic mass is 9.80. The smallest absolute Gasteiger partial charge is 0.337 e. The van der Waals surface area contributed by atoms with E-state index in [9.17, 15) is 19.7 Å². The number of piperidine rings is 1. The van der Waals surface area contributed by atoms with E-state index in [1.165, 1.54) is 30.4 Å². The molecule has 1 atom stereocenters. The average molecular weight is 520 g/mol. The molecule has 38 heavy (non-hydrogen) atoms. The number of aryl methyl sites for hydroxylation is 1. The maximum Gasteiger partial charge on any atom is 0.337 e. The number of nitro benzene ring substituents is 1. The largest absolute Gasteiger partial charge is 0.466 e. The Morgan fingerprint density at radius 3 is 2.29 bits per heavy atom. The highest BCUT2D eigenvalue weighted by molar-refractivity contribution is 6.00. The van der Waals surface area contributed by atoms with Crippen molar-refractivity contribution in [1.82, 2.24) is 10.2 Å². The fraction of sp³-hybridized carbons (Fsp3) is 0.379. The van der Waals surface area contributed by atoms with Crippen LogP contribution in [0.2, 0.25) is 0 Å². The van der Waals surface area contributed by atoms with Crippen LogP contribution in [0.1, 0.15) is 49.3 Å². The molecule has 1 fully saturated rings. The second kappa shape index (κ2) is 11.6. The van der Waals surface area contributed by atoms with Crippen LogP contribution in [0.5, 0.6) is 0 Å². The van der Waals surface area contributed by atoms with Crippen molar-refractivity contribution < 1.29 is 24.0 Å². The van der Waals surface area contributed by atoms with Crippen LogP contribution in [0.3, 0.4) is 0 Å². The summed E-state index contributed by atoms with van der Waals surface area (Å²) in [6.07, 6.45) is 1.12. The van der Waals surface area contributed by atoms with Crippen molar-refractivity contribution in [3.63, 3.8) is 0 Å². The maximum absolute atomic E-state index is 13.6. The van der Waals surface area contributed by atoms with Crippen molar-refractivity contribution in [1.29, 1.82) is 0 Å². The van der Waals surface area contributed by atoms with E-state index in [1.807, 2.05) is 0 Å². The molecule has 0 bridgehead atoms. The van der Waals surface area contributed by atoms with Crippen LogP contribution in [0, 0.1) is 17.0 Å². The molecule has 1 N–H and O–H groups in total. The zero-order valence-corrected chi connectivity index (χ0v) is 22.2. The minimum atomic E-state index is -0.863. The Morgan fingerprint density at radius 2 is 1.66 bits per heavy atom. The maximum atomic E-state index is 13.6. The molecular weight excluding hydrogens is 486 g/mol. The van der Waals surface area contributed by atoms with Crippen LogP contribution >= 0.6 is 0 Å². The van der Waals surface area contributed by atoms with Crippen molar-refractivity contribution in [2.45, 2.75) is 52.2 Å². The molecule has 0 spiro atoms. The molecule has 9 nitrogen and oxygen atoms in total. The van der Waals surface area contributed by atoms with Crippen molar-refractivity contribution in [2.75, 3.05) is 20.2 Å². The number of non-ortho nitro benzene ring substituents is 1. The number of benzene rings is 2. The van der Waals surface area contributed by atoms with Crippen LogP contribution in [-0.2, 0) is 25.6 Å². The summed E-state index contributed by atoms with van der Waals surface area (Å²) in [5, 5.41) is 14.6. The Labute approximate surface area is 222 Å². The molecule has 2 aromatic carbocycles. The van der Waals surface area contributed by atoms with Crippen LogP contribution in [0.15, 0.2) is 71.1 Å². The third-order valence-corrected chi connectivity index (χ3v) is 7.10. The lowest BCUT2D eigenvalue weighted by Crippen LogP contribution is -2.39. The molecule has 2 aromatic rings. The van der Waals surface area contributed by atoms with Crippen LogP contribution in [0.4, 0.5) is 5.69 Å². The van der Waals surface area contributed by atoms with Gasteiger partial charge in [-0.15, -0.1) is 0 Å². The van der Waals surface area contributed by atoms with Crippen molar-refractivity contribution >= 4 is 17.6 Å². The Morgan fingerprint density at radius 1 is 1.00 bits per heavy atom. The van der Waals surface area contributed by atoms with Gasteiger partial charge in [0.1, 0.15) is 6.10 Å². The van der Waals surface area contributed by atoms with Gasteiger partial charge in [-0.1, -0.05) is 42.0 Å². The number of allylic oxidation sites excluding steroid dienone is 2. The number of esters is 2. The number of methoxy groups -OCH3 is 1. The lowest BCUT2D eigenvalue weighted by Gasteiger charge is -2.34. The normalized spacial score (nSPS) is 18.7. The molecule has 4 rings (SSSR count). The number of ether oxygens (including phenoxy) is 2. The Kier molecular flexibility index (Phi) is 8.26. The van der Waals surface area contributed by atoms with Gasteiger partial charge in [-0.3, -0.25) is 15.0 Å². The average Bonchev–Trinajstić information content (AvgIpc) is 2.89. The molecule has 1 unspecified atom stereocenters. The van der Waals surface area contributed by atoms with Crippen molar-refractivity contribution in [3.05, 3.63) is 97.9 Å². The number of nitro groups is 1. The lowest BCUT2D eigenvalue weighted by molar-refractivity contribution is -0.384. The first kappa shape index (κ1) is 27.1. The second-order valence-electron chi connectivity index (χ2n) is 9.85. The first-order valence-electron chi connectivity index (χ1n) is 12.7. The number of likely N-dealkylation sites (tertiary alicyclic amines) is 1. The minimum absolute atomic E-state index is 0.130. The van der Waals surface area contributed by atoms with E-state index < -0.39 is 22.8 Å². The molecule has 9 heteroatoms. The Balaban J connectivity index is 1.54. The quantitative estimate of drug-likeness (QED) is 0.323. The summed E-state index contributed by atoms with van der Waals surface area (Å²) >= 11 is 0. The van der Waals surface area contributed by atoms with Crippen molar-refractivity contribution in [3.8, 4) is 0 Å². The van der Waals surface area contributed by atoms with Gasteiger partial charge >= 0.3 is 11.9 Å². The SMILES string of the molecule is COC(=O)C1=C(C)NC(C)=C(C(=O)OC2CCN(Cc3cccc(C)c3)CC2)C1c1cccc([N+](=O)[O-])c1. The minimum Gasteiger partial charge on any atom is -0.466 e. The molecule has 0 radical (unpaired) electrons. The Hall–Kier alpha value is -3.98. The number of dihydropyridines is 1. The summed E-state index contributed by atoms with van der Waals surface area (Å²) in [6, 6.07) is 14.4. The third kappa shape index (κ3) is 5.94. The zero-order valence-electron chi connectivity index (χ0n) is 22.2. The van der Waals surface area contributed by atoms with E-state index in [0.717, 1.165) is 19.6 Å². The van der Waals surface area contributed by atoms with Crippen molar-refractivity contribution in [2.24, 2.45) is 0 Å². The highest BCUT2D eigenvalue weighted by Gasteiger charge is 2.39. The molecule has 0 amide bonds. The summed E-state index contributed by atoms with van der Waals surface area (Å²) in [6.45, 7) is 7.97. The van der Waals surface area contributed by atoms with Gasteiger partial charge < -0.3 is 14.8 Å². The molecule has 0 saturated carbocycles. The predicted molar refractivity (Wildman–Crippen MR) is 142 cm³/mol. The number of hydrogen-bond donors (Lipinski definition) is 1. The van der Waals surface area contributed by atoms with Gasteiger partial charge in [0.15, 0.2) is 0 Å². The highest BCUT2D eigenvalue weighted by Crippen LogP contribution is 2.40. The molecule has 2 aliphatic heterocycles. The molecule has 2 aliphatic rings. The molecule has 1 saturated heterocycles. The Bertz CT molecular complexity index is 1310. The van der Waals surface area contributed by atoms with Gasteiger partial charge in [0.05, 0.1) is 29.1 Å². The number of nitrogens with zero attached hydrogens (tertiary/aromatic N) is 2.